The van der Waals surface area contributed by atoms with Gasteiger partial charge < -0.3 is 9.88 Å². The largest absolute Gasteiger partial charge is 0.342 e. The maximum absolute atomic E-state index is 14.3. The maximum Gasteiger partial charge on any atom is 0.294 e. The third kappa shape index (κ3) is 5.20. The van der Waals surface area contributed by atoms with Gasteiger partial charge in [0.15, 0.2) is 0 Å². The first-order chi connectivity index (χ1) is 17.9. The van der Waals surface area contributed by atoms with Crippen molar-refractivity contribution in [3.8, 4) is 0 Å². The minimum atomic E-state index is -0.516. The Morgan fingerprint density at radius 3 is 2.49 bits per heavy atom. The zero-order valence-corrected chi connectivity index (χ0v) is 20.9. The number of aromatic nitrogens is 1. The number of nitrogens with one attached hydrogen (secondary N) is 1. The first kappa shape index (κ1) is 24.5. The summed E-state index contributed by atoms with van der Waals surface area (Å²) in [5, 5.41) is 3.11. The molecule has 3 amide bonds. The fraction of sp³-hybridized carbons (Fsp3) is 0.138. The topological polar surface area (TPSA) is 71.4 Å². The molecule has 3 aromatic carbocycles. The number of halogens is 1. The van der Waals surface area contributed by atoms with Gasteiger partial charge in [-0.05, 0) is 54.1 Å². The molecule has 1 aliphatic rings. The number of hydrogen-bond acceptors (Lipinski definition) is 4. The molecule has 0 spiro atoms. The summed E-state index contributed by atoms with van der Waals surface area (Å²) in [6.45, 7) is 2.00. The summed E-state index contributed by atoms with van der Waals surface area (Å²) in [6.07, 6.45) is 4.39. The van der Waals surface area contributed by atoms with Crippen molar-refractivity contribution in [3.63, 3.8) is 0 Å². The van der Waals surface area contributed by atoms with Gasteiger partial charge in [-0.3, -0.25) is 19.3 Å². The Labute approximate surface area is 217 Å². The zero-order chi connectivity index (χ0) is 25.9. The average molecular weight is 514 g/mol. The Balaban J connectivity index is 1.36. The number of benzene rings is 3. The smallest absolute Gasteiger partial charge is 0.294 e. The fourth-order valence-corrected chi connectivity index (χ4v) is 5.11. The van der Waals surface area contributed by atoms with Crippen LogP contribution in [0.15, 0.2) is 83.9 Å². The average Bonchev–Trinajstić information content (AvgIpc) is 3.37. The molecule has 0 saturated carbocycles. The molecule has 0 bridgehead atoms. The van der Waals surface area contributed by atoms with Crippen LogP contribution in [0.4, 0.5) is 14.9 Å². The quantitative estimate of drug-likeness (QED) is 0.305. The van der Waals surface area contributed by atoms with E-state index in [1.165, 1.54) is 6.07 Å². The van der Waals surface area contributed by atoms with E-state index in [1.807, 2.05) is 54.1 Å². The molecule has 6 nitrogen and oxygen atoms in total. The lowest BCUT2D eigenvalue weighted by Crippen LogP contribution is -2.36. The van der Waals surface area contributed by atoms with Crippen molar-refractivity contribution < 1.29 is 18.8 Å². The molecule has 0 radical (unpaired) electrons. The minimum Gasteiger partial charge on any atom is -0.342 e. The van der Waals surface area contributed by atoms with Crippen molar-refractivity contribution >= 4 is 51.5 Å². The Morgan fingerprint density at radius 1 is 1.00 bits per heavy atom. The van der Waals surface area contributed by atoms with Gasteiger partial charge in [0.25, 0.3) is 11.1 Å². The predicted octanol–water partition coefficient (Wildman–Crippen LogP) is 6.07. The number of carbonyl (C=O) groups excluding carboxylic acids is 3. The van der Waals surface area contributed by atoms with Crippen LogP contribution in [-0.2, 0) is 22.6 Å². The van der Waals surface area contributed by atoms with Crippen LogP contribution >= 0.6 is 11.8 Å². The number of imide groups is 1. The Bertz CT molecular complexity index is 1540. The number of fused-ring (bicyclic) bond motifs is 1. The lowest BCUT2D eigenvalue weighted by molar-refractivity contribution is -0.127. The van der Waals surface area contributed by atoms with Crippen molar-refractivity contribution in [3.05, 3.63) is 106 Å². The summed E-state index contributed by atoms with van der Waals surface area (Å²) in [6, 6.07) is 21.6. The van der Waals surface area contributed by atoms with E-state index in [-0.39, 0.29) is 17.3 Å². The van der Waals surface area contributed by atoms with Gasteiger partial charge in [0.05, 0.1) is 11.4 Å². The second kappa shape index (κ2) is 10.4. The maximum atomic E-state index is 14.3. The molecular formula is C29H24FN3O3S. The monoisotopic (exact) mass is 513 g/mol. The Morgan fingerprint density at radius 2 is 1.73 bits per heavy atom. The molecule has 1 N–H and O–H groups in total. The van der Waals surface area contributed by atoms with E-state index in [1.54, 1.807) is 36.4 Å². The number of aryl methyl sites for hydroxylation is 1. The molecular weight excluding hydrogens is 489 g/mol. The minimum absolute atomic E-state index is 0.235. The van der Waals surface area contributed by atoms with Crippen molar-refractivity contribution in [2.24, 2.45) is 0 Å². The lowest BCUT2D eigenvalue weighted by Gasteiger charge is -2.12. The third-order valence-electron chi connectivity index (χ3n) is 6.23. The summed E-state index contributed by atoms with van der Waals surface area (Å²) in [5.41, 5.74) is 3.91. The molecule has 0 aliphatic carbocycles. The molecule has 37 heavy (non-hydrogen) atoms. The third-order valence-corrected chi connectivity index (χ3v) is 7.13. The summed E-state index contributed by atoms with van der Waals surface area (Å²) in [7, 11) is 0. The standard InChI is InChI=1S/C29H24FN3O3S/c1-2-19-11-13-22(14-12-19)31-27(34)18-33-28(35)26(37-29(33)36)15-21-17-32(25-10-6-4-8-23(21)25)16-20-7-3-5-9-24(20)30/h3-15,17H,2,16,18H2,1H3,(H,31,34)/b26-15-. The Kier molecular flexibility index (Phi) is 6.92. The van der Waals surface area contributed by atoms with E-state index < -0.39 is 17.1 Å². The van der Waals surface area contributed by atoms with Gasteiger partial charge in [0, 0.05) is 33.9 Å². The van der Waals surface area contributed by atoms with E-state index >= 15 is 0 Å². The van der Waals surface area contributed by atoms with E-state index in [2.05, 4.69) is 5.32 Å². The van der Waals surface area contributed by atoms with Crippen molar-refractivity contribution in [1.82, 2.24) is 9.47 Å². The van der Waals surface area contributed by atoms with Crippen molar-refractivity contribution in [2.75, 3.05) is 11.9 Å². The number of rotatable bonds is 7. The number of carbonyl (C=O) groups is 3. The molecule has 1 aromatic heterocycles. The highest BCUT2D eigenvalue weighted by molar-refractivity contribution is 8.18. The highest BCUT2D eigenvalue weighted by Gasteiger charge is 2.36. The number of anilines is 1. The first-order valence-electron chi connectivity index (χ1n) is 11.9. The summed E-state index contributed by atoms with van der Waals surface area (Å²) in [5.74, 6) is -1.26. The van der Waals surface area contributed by atoms with Crippen LogP contribution in [0.5, 0.6) is 0 Å². The molecule has 1 saturated heterocycles. The molecule has 4 aromatic rings. The SMILES string of the molecule is CCc1ccc(NC(=O)CN2C(=O)S/C(=C\c3cn(Cc4ccccc4F)c4ccccc34)C2=O)cc1. The number of para-hydroxylation sites is 1. The van der Waals surface area contributed by atoms with Crippen molar-refractivity contribution in [1.29, 1.82) is 0 Å². The fourth-order valence-electron chi connectivity index (χ4n) is 4.28. The molecule has 2 heterocycles. The van der Waals surface area contributed by atoms with E-state index in [0.717, 1.165) is 45.1 Å². The number of hydrogen-bond donors (Lipinski definition) is 1. The molecule has 1 aliphatic heterocycles. The number of thioether (sulfide) groups is 1. The van der Waals surface area contributed by atoms with Gasteiger partial charge >= 0.3 is 0 Å². The van der Waals surface area contributed by atoms with Crippen LogP contribution in [0, 0.1) is 5.82 Å². The van der Waals surface area contributed by atoms with Gasteiger partial charge in [-0.1, -0.05) is 55.5 Å². The van der Waals surface area contributed by atoms with Crippen LogP contribution < -0.4 is 5.32 Å². The lowest BCUT2D eigenvalue weighted by atomic mass is 10.1. The van der Waals surface area contributed by atoms with Gasteiger partial charge in [-0.15, -0.1) is 0 Å². The van der Waals surface area contributed by atoms with Gasteiger partial charge in [-0.25, -0.2) is 4.39 Å². The van der Waals surface area contributed by atoms with E-state index in [4.69, 9.17) is 0 Å². The van der Waals surface area contributed by atoms with Crippen LogP contribution in [0.1, 0.15) is 23.6 Å². The second-order valence-electron chi connectivity index (χ2n) is 8.69. The molecule has 8 heteroatoms. The molecule has 5 rings (SSSR count). The molecule has 1 fully saturated rings. The highest BCUT2D eigenvalue weighted by atomic mass is 32.2. The number of amides is 3. The van der Waals surface area contributed by atoms with Crippen LogP contribution in [-0.4, -0.2) is 33.1 Å². The van der Waals surface area contributed by atoms with Gasteiger partial charge in [-0.2, -0.15) is 0 Å². The van der Waals surface area contributed by atoms with Crippen molar-refractivity contribution in [2.45, 2.75) is 19.9 Å². The Hall–Kier alpha value is -4.17. The normalized spacial score (nSPS) is 14.6. The second-order valence-corrected chi connectivity index (χ2v) is 9.68. The highest BCUT2D eigenvalue weighted by Crippen LogP contribution is 2.34. The van der Waals surface area contributed by atoms with E-state index in [0.29, 0.717) is 17.8 Å². The van der Waals surface area contributed by atoms with E-state index in [9.17, 15) is 18.8 Å². The zero-order valence-electron chi connectivity index (χ0n) is 20.1. The van der Waals surface area contributed by atoms with Crippen LogP contribution in [0.25, 0.3) is 17.0 Å². The first-order valence-corrected chi connectivity index (χ1v) is 12.7. The van der Waals surface area contributed by atoms with Crippen LogP contribution in [0.2, 0.25) is 0 Å². The summed E-state index contributed by atoms with van der Waals surface area (Å²) in [4.78, 5) is 39.4. The summed E-state index contributed by atoms with van der Waals surface area (Å²) >= 11 is 0.803. The molecule has 0 atom stereocenters. The summed E-state index contributed by atoms with van der Waals surface area (Å²) < 4.78 is 16.2. The van der Waals surface area contributed by atoms with Crippen LogP contribution in [0.3, 0.4) is 0 Å². The molecule has 0 unspecified atom stereocenters. The van der Waals surface area contributed by atoms with Gasteiger partial charge in [0.2, 0.25) is 5.91 Å². The number of nitrogens with zero attached hydrogens (tertiary/aromatic N) is 2. The van der Waals surface area contributed by atoms with Gasteiger partial charge in [0.1, 0.15) is 12.4 Å². The molecule has 186 valence electrons. The predicted molar refractivity (Wildman–Crippen MR) is 145 cm³/mol.